The molecule has 8 heteroatoms. The topological polar surface area (TPSA) is 77.5 Å². The van der Waals surface area contributed by atoms with E-state index in [1.54, 1.807) is 44.4 Å². The first-order valence-electron chi connectivity index (χ1n) is 12.5. The van der Waals surface area contributed by atoms with Crippen LogP contribution < -0.4 is 14.2 Å². The summed E-state index contributed by atoms with van der Waals surface area (Å²) in [5.74, 6) is 4.43. The van der Waals surface area contributed by atoms with Crippen molar-refractivity contribution in [2.75, 3.05) is 21.3 Å². The first-order chi connectivity index (χ1) is 19.0. The number of hydrogen-bond acceptors (Lipinski definition) is 6. The van der Waals surface area contributed by atoms with Gasteiger partial charge in [0.15, 0.2) is 0 Å². The van der Waals surface area contributed by atoms with Crippen LogP contribution in [0.25, 0.3) is 0 Å². The van der Waals surface area contributed by atoms with E-state index in [1.165, 1.54) is 4.90 Å². The third kappa shape index (κ3) is 6.27. The number of rotatable bonds is 11. The molecule has 0 spiro atoms. The molecule has 2 atom stereocenters. The molecule has 0 N–H and O–H groups in total. The summed E-state index contributed by atoms with van der Waals surface area (Å²) >= 11 is 0. The molecule has 0 saturated carbocycles. The van der Waals surface area contributed by atoms with Crippen molar-refractivity contribution in [2.45, 2.75) is 38.2 Å². The second-order valence-corrected chi connectivity index (χ2v) is 9.08. The maximum absolute atomic E-state index is 13.6. The van der Waals surface area contributed by atoms with Gasteiger partial charge < -0.3 is 23.8 Å². The van der Waals surface area contributed by atoms with E-state index in [0.29, 0.717) is 17.2 Å². The minimum absolute atomic E-state index is 0.0571. The second kappa shape index (κ2) is 12.7. The molecule has 202 valence electrons. The zero-order chi connectivity index (χ0) is 27.8. The van der Waals surface area contributed by atoms with Crippen molar-refractivity contribution in [2.24, 2.45) is 0 Å². The molecular weight excluding hydrogens is 496 g/mol. The fourth-order valence-corrected chi connectivity index (χ4v) is 4.64. The van der Waals surface area contributed by atoms with Gasteiger partial charge in [-0.1, -0.05) is 42.5 Å². The van der Waals surface area contributed by atoms with E-state index in [9.17, 15) is 9.59 Å². The van der Waals surface area contributed by atoms with Gasteiger partial charge in [-0.25, -0.2) is 4.79 Å². The summed E-state index contributed by atoms with van der Waals surface area (Å²) in [6.45, 7) is 0.552. The Morgan fingerprint density at radius 2 is 1.62 bits per heavy atom. The SMILES string of the molecule is C#CC[C@@H]1[C@H](N(Cc2ccccc2)C(=O)OCc2ccc(OC)cc2)C(=O)N1Cc1ccc(OC)cc1OC. The molecule has 39 heavy (non-hydrogen) atoms. The van der Waals surface area contributed by atoms with Crippen LogP contribution in [0.4, 0.5) is 4.79 Å². The first kappa shape index (κ1) is 27.4. The number of carbonyl (C=O) groups is 2. The van der Waals surface area contributed by atoms with Gasteiger partial charge in [0.2, 0.25) is 5.91 Å². The molecule has 1 fully saturated rings. The van der Waals surface area contributed by atoms with E-state index in [0.717, 1.165) is 16.7 Å². The summed E-state index contributed by atoms with van der Waals surface area (Å²) in [6, 6.07) is 21.0. The lowest BCUT2D eigenvalue weighted by molar-refractivity contribution is -0.159. The van der Waals surface area contributed by atoms with Gasteiger partial charge in [-0.3, -0.25) is 9.69 Å². The molecule has 2 amide bonds. The van der Waals surface area contributed by atoms with Gasteiger partial charge in [0, 0.05) is 31.1 Å². The number of amides is 2. The predicted molar refractivity (Wildman–Crippen MR) is 146 cm³/mol. The van der Waals surface area contributed by atoms with Crippen LogP contribution >= 0.6 is 0 Å². The van der Waals surface area contributed by atoms with Crippen LogP contribution in [0.2, 0.25) is 0 Å². The average molecular weight is 529 g/mol. The fraction of sp³-hybridized carbons (Fsp3) is 0.290. The van der Waals surface area contributed by atoms with Crippen LogP contribution in [0.5, 0.6) is 17.2 Å². The molecule has 3 aromatic carbocycles. The minimum Gasteiger partial charge on any atom is -0.497 e. The van der Waals surface area contributed by atoms with Gasteiger partial charge in [0.1, 0.15) is 29.9 Å². The number of β-lactam (4-membered cyclic amide) rings is 1. The number of ether oxygens (including phenoxy) is 4. The third-order valence-corrected chi connectivity index (χ3v) is 6.75. The van der Waals surface area contributed by atoms with Crippen molar-refractivity contribution in [1.82, 2.24) is 9.80 Å². The largest absolute Gasteiger partial charge is 0.497 e. The molecule has 1 saturated heterocycles. The molecule has 1 aliphatic heterocycles. The Morgan fingerprint density at radius 1 is 0.923 bits per heavy atom. The molecule has 0 unspecified atom stereocenters. The lowest BCUT2D eigenvalue weighted by Gasteiger charge is -2.50. The maximum Gasteiger partial charge on any atom is 0.411 e. The minimum atomic E-state index is -0.756. The smallest absolute Gasteiger partial charge is 0.411 e. The number of nitrogens with zero attached hydrogens (tertiary/aromatic N) is 2. The molecule has 1 aliphatic rings. The van der Waals surface area contributed by atoms with Crippen molar-refractivity contribution in [1.29, 1.82) is 0 Å². The zero-order valence-corrected chi connectivity index (χ0v) is 22.3. The van der Waals surface area contributed by atoms with Gasteiger partial charge >= 0.3 is 6.09 Å². The Labute approximate surface area is 229 Å². The van der Waals surface area contributed by atoms with Gasteiger partial charge in [-0.05, 0) is 35.4 Å². The van der Waals surface area contributed by atoms with E-state index in [1.807, 2.05) is 54.6 Å². The Morgan fingerprint density at radius 3 is 2.26 bits per heavy atom. The summed E-state index contributed by atoms with van der Waals surface area (Å²) in [5, 5.41) is 0. The van der Waals surface area contributed by atoms with E-state index in [-0.39, 0.29) is 38.1 Å². The van der Waals surface area contributed by atoms with Crippen molar-refractivity contribution in [3.63, 3.8) is 0 Å². The van der Waals surface area contributed by atoms with Crippen LogP contribution in [0, 0.1) is 12.3 Å². The summed E-state index contributed by atoms with van der Waals surface area (Å²) in [7, 11) is 4.74. The van der Waals surface area contributed by atoms with Crippen molar-refractivity contribution in [3.05, 3.63) is 89.5 Å². The molecule has 4 rings (SSSR count). The molecule has 0 radical (unpaired) electrons. The molecule has 0 aromatic heterocycles. The highest BCUT2D eigenvalue weighted by molar-refractivity contribution is 5.92. The van der Waals surface area contributed by atoms with Crippen LogP contribution in [0.15, 0.2) is 72.8 Å². The molecule has 1 heterocycles. The van der Waals surface area contributed by atoms with E-state index in [4.69, 9.17) is 25.4 Å². The quantitative estimate of drug-likeness (QED) is 0.266. The average Bonchev–Trinajstić information content (AvgIpc) is 2.98. The Hall–Kier alpha value is -4.64. The standard InChI is InChI=1S/C31H32N2O6/c1-5-9-27-29(30(34)32(27)20-24-14-17-26(37-3)18-28(24)38-4)33(19-22-10-7-6-8-11-22)31(35)39-21-23-12-15-25(36-2)16-13-23/h1,6-8,10-18,27,29H,9,19-21H2,2-4H3/t27-,29+/m1/s1. The molecule has 0 aliphatic carbocycles. The van der Waals surface area contributed by atoms with Gasteiger partial charge in [0.05, 0.1) is 27.4 Å². The Bertz CT molecular complexity index is 1320. The van der Waals surface area contributed by atoms with E-state index in [2.05, 4.69) is 5.92 Å². The lowest BCUT2D eigenvalue weighted by atomic mass is 9.89. The number of methoxy groups -OCH3 is 3. The highest BCUT2D eigenvalue weighted by Gasteiger charge is 2.52. The van der Waals surface area contributed by atoms with Gasteiger partial charge in [0.25, 0.3) is 0 Å². The Kier molecular flexibility index (Phi) is 8.95. The number of hydrogen-bond donors (Lipinski definition) is 0. The van der Waals surface area contributed by atoms with Crippen LogP contribution in [-0.4, -0.2) is 55.2 Å². The molecule has 3 aromatic rings. The van der Waals surface area contributed by atoms with Crippen molar-refractivity contribution >= 4 is 12.0 Å². The molecule has 8 nitrogen and oxygen atoms in total. The highest BCUT2D eigenvalue weighted by atomic mass is 16.6. The van der Waals surface area contributed by atoms with Gasteiger partial charge in [-0.2, -0.15) is 0 Å². The van der Waals surface area contributed by atoms with Crippen molar-refractivity contribution < 1.29 is 28.5 Å². The monoisotopic (exact) mass is 528 g/mol. The van der Waals surface area contributed by atoms with E-state index < -0.39 is 12.1 Å². The third-order valence-electron chi connectivity index (χ3n) is 6.75. The number of terminal acetylenes is 1. The summed E-state index contributed by atoms with van der Waals surface area (Å²) in [5.41, 5.74) is 2.49. The predicted octanol–water partition coefficient (Wildman–Crippen LogP) is 4.65. The number of carbonyl (C=O) groups excluding carboxylic acids is 2. The van der Waals surface area contributed by atoms with Crippen LogP contribution in [0.1, 0.15) is 23.1 Å². The molecule has 0 bridgehead atoms. The highest BCUT2D eigenvalue weighted by Crippen LogP contribution is 2.34. The summed E-state index contributed by atoms with van der Waals surface area (Å²) < 4.78 is 21.7. The molecular formula is C31H32N2O6. The second-order valence-electron chi connectivity index (χ2n) is 9.08. The van der Waals surface area contributed by atoms with Gasteiger partial charge in [-0.15, -0.1) is 12.3 Å². The number of benzene rings is 3. The summed E-state index contributed by atoms with van der Waals surface area (Å²) in [4.78, 5) is 30.2. The van der Waals surface area contributed by atoms with Crippen LogP contribution in [-0.2, 0) is 29.2 Å². The Balaban J connectivity index is 1.55. The zero-order valence-electron chi connectivity index (χ0n) is 22.3. The fourth-order valence-electron chi connectivity index (χ4n) is 4.64. The number of likely N-dealkylation sites (tertiary alicyclic amines) is 1. The maximum atomic E-state index is 13.6. The summed E-state index contributed by atoms with van der Waals surface area (Å²) in [6.07, 6.45) is 5.41. The van der Waals surface area contributed by atoms with E-state index >= 15 is 0 Å². The lowest BCUT2D eigenvalue weighted by Crippen LogP contribution is -2.70. The first-order valence-corrected chi connectivity index (χ1v) is 12.5. The van der Waals surface area contributed by atoms with Crippen LogP contribution in [0.3, 0.4) is 0 Å². The van der Waals surface area contributed by atoms with Crippen molar-refractivity contribution in [3.8, 4) is 29.6 Å². The normalized spacial score (nSPS) is 16.1.